The molecule has 0 radical (unpaired) electrons. The molecule has 0 aliphatic carbocycles. The van der Waals surface area contributed by atoms with E-state index in [-0.39, 0.29) is 18.6 Å². The summed E-state index contributed by atoms with van der Waals surface area (Å²) in [5.74, 6) is 1.44. The molecule has 0 spiro atoms. The lowest BCUT2D eigenvalue weighted by atomic mass is 10.0. The van der Waals surface area contributed by atoms with E-state index >= 15 is 0 Å². The zero-order valence-electron chi connectivity index (χ0n) is 21.5. The number of imidazole rings is 1. The summed E-state index contributed by atoms with van der Waals surface area (Å²) in [6.45, 7) is 4.02. The topological polar surface area (TPSA) is 102 Å². The monoisotopic (exact) mass is 502 g/mol. The van der Waals surface area contributed by atoms with E-state index in [2.05, 4.69) is 38.3 Å². The SMILES string of the molecule is COc1cc(C(=O)N2CCCC(N)C2)cc2nc(-c3cc4cccc5c4n3CCN5CCCO)n(C)c12. The molecule has 194 valence electrons. The Bertz CT molecular complexity index is 1490. The number of rotatable bonds is 6. The highest BCUT2D eigenvalue weighted by atomic mass is 16.5. The highest BCUT2D eigenvalue weighted by molar-refractivity contribution is 6.01. The Hall–Kier alpha value is -3.56. The standard InChI is InChI=1S/C28H34N6O3/c1-31-26-21(14-19(16-24(26)37-2)28(36)33-9-4-7-20(29)17-33)30-27(31)23-15-18-6-3-8-22-25(18)34(23)12-11-32(22)10-5-13-35/h3,6,8,14-16,20,35H,4-5,7,9-13,17,29H2,1-2H3. The first kappa shape index (κ1) is 23.8. The number of aliphatic hydroxyl groups is 1. The molecule has 0 bridgehead atoms. The van der Waals surface area contributed by atoms with Crippen LogP contribution in [0.1, 0.15) is 29.6 Å². The van der Waals surface area contributed by atoms with E-state index in [9.17, 15) is 9.90 Å². The number of amides is 1. The van der Waals surface area contributed by atoms with Crippen LogP contribution in [0.5, 0.6) is 5.75 Å². The molecule has 4 aromatic rings. The summed E-state index contributed by atoms with van der Waals surface area (Å²) in [5, 5.41) is 10.5. The van der Waals surface area contributed by atoms with Gasteiger partial charge in [0.2, 0.25) is 0 Å². The molecule has 1 unspecified atom stereocenters. The second-order valence-electron chi connectivity index (χ2n) is 10.2. The normalized spacial score (nSPS) is 17.7. The van der Waals surface area contributed by atoms with Crippen molar-refractivity contribution in [2.75, 3.05) is 44.8 Å². The smallest absolute Gasteiger partial charge is 0.254 e. The molecule has 2 aromatic carbocycles. The maximum absolute atomic E-state index is 13.3. The van der Waals surface area contributed by atoms with Crippen molar-refractivity contribution in [2.45, 2.75) is 31.8 Å². The van der Waals surface area contributed by atoms with Gasteiger partial charge in [-0.3, -0.25) is 4.79 Å². The van der Waals surface area contributed by atoms with Crippen molar-refractivity contribution in [1.29, 1.82) is 0 Å². The number of aromatic nitrogens is 3. The maximum atomic E-state index is 13.3. The molecule has 1 fully saturated rings. The fraction of sp³-hybridized carbons (Fsp3) is 0.429. The number of fused-ring (bicyclic) bond motifs is 1. The third-order valence-electron chi connectivity index (χ3n) is 7.79. The molecule has 9 nitrogen and oxygen atoms in total. The molecule has 2 aliphatic heterocycles. The van der Waals surface area contributed by atoms with Gasteiger partial charge < -0.3 is 34.5 Å². The lowest BCUT2D eigenvalue weighted by Crippen LogP contribution is -2.45. The highest BCUT2D eigenvalue weighted by Gasteiger charge is 2.27. The van der Waals surface area contributed by atoms with Crippen molar-refractivity contribution in [3.8, 4) is 17.3 Å². The molecule has 0 saturated carbocycles. The van der Waals surface area contributed by atoms with E-state index in [1.54, 1.807) is 7.11 Å². The summed E-state index contributed by atoms with van der Waals surface area (Å²) < 4.78 is 10.2. The third-order valence-corrected chi connectivity index (χ3v) is 7.79. The number of piperidine rings is 1. The van der Waals surface area contributed by atoms with Gasteiger partial charge in [-0.25, -0.2) is 4.98 Å². The Labute approximate surface area is 216 Å². The summed E-state index contributed by atoms with van der Waals surface area (Å²) in [6, 6.07) is 12.3. The maximum Gasteiger partial charge on any atom is 0.254 e. The third kappa shape index (κ3) is 3.93. The number of methoxy groups -OCH3 is 1. The summed E-state index contributed by atoms with van der Waals surface area (Å²) >= 11 is 0. The van der Waals surface area contributed by atoms with Crippen LogP contribution in [0.25, 0.3) is 33.5 Å². The molecule has 6 rings (SSSR count). The predicted molar refractivity (Wildman–Crippen MR) is 145 cm³/mol. The fourth-order valence-corrected chi connectivity index (χ4v) is 6.01. The van der Waals surface area contributed by atoms with Gasteiger partial charge in [0.05, 0.1) is 29.5 Å². The number of carbonyl (C=O) groups is 1. The summed E-state index contributed by atoms with van der Waals surface area (Å²) in [4.78, 5) is 22.6. The average molecular weight is 503 g/mol. The average Bonchev–Trinajstić information content (AvgIpc) is 3.45. The molecule has 2 aromatic heterocycles. The van der Waals surface area contributed by atoms with E-state index in [1.807, 2.05) is 24.1 Å². The Morgan fingerprint density at radius 1 is 1.19 bits per heavy atom. The summed E-state index contributed by atoms with van der Waals surface area (Å²) in [5.41, 5.74) is 11.7. The molecule has 2 aliphatic rings. The lowest BCUT2D eigenvalue weighted by molar-refractivity contribution is 0.0708. The molecule has 4 heterocycles. The Morgan fingerprint density at radius 3 is 2.84 bits per heavy atom. The van der Waals surface area contributed by atoms with Crippen LogP contribution in [0.3, 0.4) is 0 Å². The van der Waals surface area contributed by atoms with Gasteiger partial charge in [-0.1, -0.05) is 12.1 Å². The minimum atomic E-state index is -0.0290. The second kappa shape index (κ2) is 9.39. The van der Waals surface area contributed by atoms with Gasteiger partial charge in [0.25, 0.3) is 5.91 Å². The van der Waals surface area contributed by atoms with Gasteiger partial charge in [-0.15, -0.1) is 0 Å². The van der Waals surface area contributed by atoms with E-state index in [0.29, 0.717) is 17.9 Å². The van der Waals surface area contributed by atoms with Crippen LogP contribution in [0.4, 0.5) is 5.69 Å². The number of benzene rings is 2. The Morgan fingerprint density at radius 2 is 2.05 bits per heavy atom. The molecule has 1 atom stereocenters. The lowest BCUT2D eigenvalue weighted by Gasteiger charge is -2.31. The van der Waals surface area contributed by atoms with Crippen molar-refractivity contribution >= 4 is 33.5 Å². The second-order valence-corrected chi connectivity index (χ2v) is 10.2. The predicted octanol–water partition coefficient (Wildman–Crippen LogP) is 2.97. The van der Waals surface area contributed by atoms with Gasteiger partial charge in [0, 0.05) is 63.4 Å². The Kier molecular flexibility index (Phi) is 6.04. The van der Waals surface area contributed by atoms with Crippen LogP contribution in [-0.4, -0.2) is 76.0 Å². The van der Waals surface area contributed by atoms with E-state index in [1.165, 1.54) is 11.2 Å². The first-order valence-corrected chi connectivity index (χ1v) is 13.1. The van der Waals surface area contributed by atoms with Crippen molar-refractivity contribution in [3.63, 3.8) is 0 Å². The highest BCUT2D eigenvalue weighted by Crippen LogP contribution is 2.39. The van der Waals surface area contributed by atoms with E-state index in [4.69, 9.17) is 15.5 Å². The molecular formula is C28H34N6O3. The zero-order chi connectivity index (χ0) is 25.7. The first-order chi connectivity index (χ1) is 18.0. The quantitative estimate of drug-likeness (QED) is 0.420. The van der Waals surface area contributed by atoms with Gasteiger partial charge in [-0.2, -0.15) is 0 Å². The molecule has 3 N–H and O–H groups in total. The molecule has 37 heavy (non-hydrogen) atoms. The number of hydrogen-bond donors (Lipinski definition) is 2. The zero-order valence-corrected chi connectivity index (χ0v) is 21.5. The molecule has 1 amide bonds. The van der Waals surface area contributed by atoms with Crippen molar-refractivity contribution in [1.82, 2.24) is 19.0 Å². The number of nitrogens with two attached hydrogens (primary N) is 1. The van der Waals surface area contributed by atoms with Crippen molar-refractivity contribution < 1.29 is 14.6 Å². The molecule has 1 saturated heterocycles. The largest absolute Gasteiger partial charge is 0.494 e. The molecular weight excluding hydrogens is 468 g/mol. The number of nitrogens with zero attached hydrogens (tertiary/aromatic N) is 5. The van der Waals surface area contributed by atoms with Crippen LogP contribution in [0.2, 0.25) is 0 Å². The summed E-state index contributed by atoms with van der Waals surface area (Å²) in [7, 11) is 3.63. The number of aryl methyl sites for hydroxylation is 1. The van der Waals surface area contributed by atoms with Crippen LogP contribution < -0.4 is 15.4 Å². The van der Waals surface area contributed by atoms with Crippen LogP contribution >= 0.6 is 0 Å². The van der Waals surface area contributed by atoms with Crippen LogP contribution in [0, 0.1) is 0 Å². The fourth-order valence-electron chi connectivity index (χ4n) is 6.01. The van der Waals surface area contributed by atoms with Crippen LogP contribution in [0.15, 0.2) is 36.4 Å². The summed E-state index contributed by atoms with van der Waals surface area (Å²) in [6.07, 6.45) is 2.62. The minimum absolute atomic E-state index is 0.0229. The molecule has 9 heteroatoms. The minimum Gasteiger partial charge on any atom is -0.494 e. The van der Waals surface area contributed by atoms with Crippen molar-refractivity contribution in [3.05, 3.63) is 42.0 Å². The van der Waals surface area contributed by atoms with Gasteiger partial charge in [0.1, 0.15) is 11.3 Å². The van der Waals surface area contributed by atoms with Crippen molar-refractivity contribution in [2.24, 2.45) is 12.8 Å². The van der Waals surface area contributed by atoms with Gasteiger partial charge in [0.15, 0.2) is 5.82 Å². The number of hydrogen-bond acceptors (Lipinski definition) is 6. The Balaban J connectivity index is 1.45. The number of carbonyl (C=O) groups excluding carboxylic acids is 1. The van der Waals surface area contributed by atoms with Crippen LogP contribution in [-0.2, 0) is 13.6 Å². The number of para-hydroxylation sites is 1. The van der Waals surface area contributed by atoms with E-state index < -0.39 is 0 Å². The van der Waals surface area contributed by atoms with E-state index in [0.717, 1.165) is 73.4 Å². The first-order valence-electron chi connectivity index (χ1n) is 13.1. The number of ether oxygens (including phenoxy) is 1. The van der Waals surface area contributed by atoms with Gasteiger partial charge >= 0.3 is 0 Å². The number of aliphatic hydroxyl groups excluding tert-OH is 1. The number of anilines is 1. The number of likely N-dealkylation sites (tertiary alicyclic amines) is 1. The van der Waals surface area contributed by atoms with Gasteiger partial charge in [-0.05, 0) is 43.5 Å².